The molecule has 1 aliphatic heterocycles. The summed E-state index contributed by atoms with van der Waals surface area (Å²) in [5.41, 5.74) is 0.911. The first-order valence-corrected chi connectivity index (χ1v) is 10.5. The van der Waals surface area contributed by atoms with Crippen molar-refractivity contribution >= 4 is 11.9 Å². The highest BCUT2D eigenvalue weighted by Gasteiger charge is 2.26. The minimum absolute atomic E-state index is 0.0875. The SMILES string of the molecule is CCNC(=NCC(=O)NC(C)(C)C)NCC(c1ccccc1OC)N1CCCC1. The molecule has 1 saturated heterocycles. The lowest BCUT2D eigenvalue weighted by molar-refractivity contribution is -0.121. The minimum Gasteiger partial charge on any atom is -0.496 e. The molecule has 0 radical (unpaired) electrons. The quantitative estimate of drug-likeness (QED) is 0.459. The van der Waals surface area contributed by atoms with Gasteiger partial charge in [0.2, 0.25) is 5.91 Å². The molecular weight excluding hydrogens is 366 g/mol. The van der Waals surface area contributed by atoms with Crippen LogP contribution in [0.5, 0.6) is 5.75 Å². The summed E-state index contributed by atoms with van der Waals surface area (Å²) in [5, 5.41) is 9.60. The first-order valence-electron chi connectivity index (χ1n) is 10.5. The van der Waals surface area contributed by atoms with Crippen LogP contribution >= 0.6 is 0 Å². The molecule has 0 spiro atoms. The number of nitrogens with zero attached hydrogens (tertiary/aromatic N) is 2. The molecule has 0 aromatic heterocycles. The van der Waals surface area contributed by atoms with Crippen molar-refractivity contribution in [1.82, 2.24) is 20.9 Å². The molecule has 7 nitrogen and oxygen atoms in total. The number of hydrogen-bond acceptors (Lipinski definition) is 4. The van der Waals surface area contributed by atoms with Gasteiger partial charge in [0.25, 0.3) is 0 Å². The van der Waals surface area contributed by atoms with Crippen LogP contribution in [0, 0.1) is 0 Å². The average molecular weight is 404 g/mol. The summed E-state index contributed by atoms with van der Waals surface area (Å²) in [4.78, 5) is 19.1. The highest BCUT2D eigenvalue weighted by atomic mass is 16.5. The Morgan fingerprint density at radius 3 is 2.52 bits per heavy atom. The van der Waals surface area contributed by atoms with Crippen LogP contribution in [0.1, 0.15) is 52.1 Å². The van der Waals surface area contributed by atoms with Crippen molar-refractivity contribution in [2.24, 2.45) is 4.99 Å². The fourth-order valence-corrected chi connectivity index (χ4v) is 3.57. The predicted octanol–water partition coefficient (Wildman–Crippen LogP) is 2.30. The van der Waals surface area contributed by atoms with Gasteiger partial charge in [0, 0.05) is 24.2 Å². The smallest absolute Gasteiger partial charge is 0.242 e. The lowest BCUT2D eigenvalue weighted by atomic mass is 10.0. The number of carbonyl (C=O) groups excluding carboxylic acids is 1. The van der Waals surface area contributed by atoms with Crippen LogP contribution in [0.4, 0.5) is 0 Å². The molecule has 29 heavy (non-hydrogen) atoms. The molecule has 162 valence electrons. The summed E-state index contributed by atoms with van der Waals surface area (Å²) in [6, 6.07) is 8.37. The van der Waals surface area contributed by atoms with Gasteiger partial charge in [-0.3, -0.25) is 9.69 Å². The second kappa shape index (κ2) is 11.0. The van der Waals surface area contributed by atoms with Gasteiger partial charge in [0.15, 0.2) is 5.96 Å². The Hall–Kier alpha value is -2.28. The topological polar surface area (TPSA) is 78.0 Å². The molecule has 2 rings (SSSR count). The van der Waals surface area contributed by atoms with Crippen LogP contribution in [0.25, 0.3) is 0 Å². The lowest BCUT2D eigenvalue weighted by Gasteiger charge is -2.30. The zero-order valence-corrected chi connectivity index (χ0v) is 18.5. The highest BCUT2D eigenvalue weighted by molar-refractivity contribution is 5.85. The zero-order valence-electron chi connectivity index (χ0n) is 18.5. The van der Waals surface area contributed by atoms with Crippen molar-refractivity contribution in [1.29, 1.82) is 0 Å². The third-order valence-corrected chi connectivity index (χ3v) is 4.78. The molecule has 1 aliphatic rings. The van der Waals surface area contributed by atoms with Crippen molar-refractivity contribution in [3.05, 3.63) is 29.8 Å². The predicted molar refractivity (Wildman–Crippen MR) is 118 cm³/mol. The normalized spacial score (nSPS) is 16.4. The molecule has 0 bridgehead atoms. The van der Waals surface area contributed by atoms with E-state index < -0.39 is 0 Å². The molecule has 1 atom stereocenters. The second-order valence-electron chi connectivity index (χ2n) is 8.38. The van der Waals surface area contributed by atoms with Crippen LogP contribution < -0.4 is 20.7 Å². The largest absolute Gasteiger partial charge is 0.496 e. The summed E-state index contributed by atoms with van der Waals surface area (Å²) in [6.07, 6.45) is 2.43. The van der Waals surface area contributed by atoms with E-state index in [4.69, 9.17) is 4.74 Å². The van der Waals surface area contributed by atoms with Gasteiger partial charge in [-0.25, -0.2) is 4.99 Å². The molecule has 1 aromatic rings. The van der Waals surface area contributed by atoms with Gasteiger partial charge >= 0.3 is 0 Å². The van der Waals surface area contributed by atoms with E-state index in [1.54, 1.807) is 7.11 Å². The van der Waals surface area contributed by atoms with E-state index in [0.717, 1.165) is 25.4 Å². The van der Waals surface area contributed by atoms with E-state index in [-0.39, 0.29) is 24.0 Å². The van der Waals surface area contributed by atoms with E-state index in [1.807, 2.05) is 39.8 Å². The van der Waals surface area contributed by atoms with E-state index in [1.165, 1.54) is 18.4 Å². The van der Waals surface area contributed by atoms with Gasteiger partial charge in [-0.05, 0) is 59.7 Å². The number of guanidine groups is 1. The minimum atomic E-state index is -0.261. The van der Waals surface area contributed by atoms with E-state index in [9.17, 15) is 4.79 Å². The monoisotopic (exact) mass is 403 g/mol. The molecular formula is C22H37N5O2. The number of para-hydroxylation sites is 1. The van der Waals surface area contributed by atoms with Crippen LogP contribution in [0.15, 0.2) is 29.3 Å². The molecule has 1 fully saturated rings. The molecule has 1 aromatic carbocycles. The summed E-state index contributed by atoms with van der Waals surface area (Å²) < 4.78 is 5.61. The molecule has 3 N–H and O–H groups in total. The highest BCUT2D eigenvalue weighted by Crippen LogP contribution is 2.31. The maximum atomic E-state index is 12.1. The molecule has 1 amide bonds. The molecule has 1 heterocycles. The molecule has 7 heteroatoms. The van der Waals surface area contributed by atoms with Crippen molar-refractivity contribution in [3.63, 3.8) is 0 Å². The van der Waals surface area contributed by atoms with Crippen LogP contribution in [0.3, 0.4) is 0 Å². The maximum absolute atomic E-state index is 12.1. The molecule has 0 saturated carbocycles. The maximum Gasteiger partial charge on any atom is 0.242 e. The van der Waals surface area contributed by atoms with E-state index in [2.05, 4.69) is 38.0 Å². The Morgan fingerprint density at radius 2 is 1.90 bits per heavy atom. The van der Waals surface area contributed by atoms with Gasteiger partial charge in [-0.15, -0.1) is 0 Å². The average Bonchev–Trinajstić information content (AvgIpc) is 3.19. The summed E-state index contributed by atoms with van der Waals surface area (Å²) in [7, 11) is 1.71. The molecule has 1 unspecified atom stereocenters. The number of hydrogen-bond donors (Lipinski definition) is 3. The summed E-state index contributed by atoms with van der Waals surface area (Å²) in [5.74, 6) is 1.46. The van der Waals surface area contributed by atoms with Gasteiger partial charge in [-0.1, -0.05) is 18.2 Å². The summed E-state index contributed by atoms with van der Waals surface area (Å²) >= 11 is 0. The van der Waals surface area contributed by atoms with Crippen molar-refractivity contribution < 1.29 is 9.53 Å². The first-order chi connectivity index (χ1) is 13.8. The number of amides is 1. The van der Waals surface area contributed by atoms with Crippen molar-refractivity contribution in [2.45, 2.75) is 52.1 Å². The third kappa shape index (κ3) is 7.57. The Kier molecular flexibility index (Phi) is 8.76. The van der Waals surface area contributed by atoms with Crippen LogP contribution in [-0.4, -0.2) is 62.1 Å². The lowest BCUT2D eigenvalue weighted by Crippen LogP contribution is -2.44. The van der Waals surface area contributed by atoms with Crippen LogP contribution in [-0.2, 0) is 4.79 Å². The van der Waals surface area contributed by atoms with Gasteiger partial charge in [-0.2, -0.15) is 0 Å². The van der Waals surface area contributed by atoms with Gasteiger partial charge < -0.3 is 20.7 Å². The van der Waals surface area contributed by atoms with Gasteiger partial charge in [0.1, 0.15) is 12.3 Å². The van der Waals surface area contributed by atoms with E-state index in [0.29, 0.717) is 12.5 Å². The number of likely N-dealkylation sites (tertiary alicyclic amines) is 1. The number of benzene rings is 1. The standard InChI is InChI=1S/C22H37N5O2/c1-6-23-21(25-16-20(28)26-22(2,3)4)24-15-18(27-13-9-10-14-27)17-11-7-8-12-19(17)29-5/h7-8,11-12,18H,6,9-10,13-16H2,1-5H3,(H,26,28)(H2,23,24,25). The Balaban J connectivity index is 2.10. The van der Waals surface area contributed by atoms with Gasteiger partial charge in [0.05, 0.1) is 13.2 Å². The fourth-order valence-electron chi connectivity index (χ4n) is 3.57. The number of aliphatic imine (C=N–C) groups is 1. The number of ether oxygens (including phenoxy) is 1. The van der Waals surface area contributed by atoms with E-state index >= 15 is 0 Å². The third-order valence-electron chi connectivity index (χ3n) is 4.78. The Bertz CT molecular complexity index is 678. The number of methoxy groups -OCH3 is 1. The summed E-state index contributed by atoms with van der Waals surface area (Å²) in [6.45, 7) is 11.6. The van der Waals surface area contributed by atoms with Crippen LogP contribution in [0.2, 0.25) is 0 Å². The Morgan fingerprint density at radius 1 is 1.21 bits per heavy atom. The number of nitrogens with one attached hydrogen (secondary N) is 3. The van der Waals surface area contributed by atoms with Crippen molar-refractivity contribution in [3.8, 4) is 5.75 Å². The fraction of sp³-hybridized carbons (Fsp3) is 0.636. The van der Waals surface area contributed by atoms with Crippen molar-refractivity contribution in [2.75, 3.05) is 39.8 Å². The Labute approximate surface area is 175 Å². The zero-order chi connectivity index (χ0) is 21.3. The molecule has 0 aliphatic carbocycles. The number of rotatable bonds is 8. The second-order valence-corrected chi connectivity index (χ2v) is 8.38. The first kappa shape index (κ1) is 23.0. The number of carbonyl (C=O) groups is 1.